The van der Waals surface area contributed by atoms with Crippen molar-refractivity contribution in [2.75, 3.05) is 6.54 Å². The highest BCUT2D eigenvalue weighted by molar-refractivity contribution is 5.97. The van der Waals surface area contributed by atoms with Gasteiger partial charge in [-0.15, -0.1) is 0 Å². The van der Waals surface area contributed by atoms with Gasteiger partial charge in [0.05, 0.1) is 0 Å². The number of rotatable bonds is 6. The summed E-state index contributed by atoms with van der Waals surface area (Å²) in [5.74, 6) is -1.80. The molecule has 1 aromatic carbocycles. The maximum Gasteiger partial charge on any atom is 0.283 e. The largest absolute Gasteiger partial charge is 0.331 e. The molecule has 1 aromatic heterocycles. The molecule has 0 N–H and O–H groups in total. The number of halogens is 3. The average molecular weight is 419 g/mol. The fourth-order valence-corrected chi connectivity index (χ4v) is 3.67. The second kappa shape index (κ2) is 7.93. The second-order valence-electron chi connectivity index (χ2n) is 9.04. The summed E-state index contributed by atoms with van der Waals surface area (Å²) in [6.07, 6.45) is -1.52. The van der Waals surface area contributed by atoms with Crippen LogP contribution in [0.5, 0.6) is 0 Å². The molecule has 30 heavy (non-hydrogen) atoms. The summed E-state index contributed by atoms with van der Waals surface area (Å²) in [5.41, 5.74) is 2.17. The van der Waals surface area contributed by atoms with Crippen molar-refractivity contribution in [1.29, 1.82) is 0 Å². The van der Waals surface area contributed by atoms with Gasteiger partial charge in [0.1, 0.15) is 11.3 Å². The predicted octanol–water partition coefficient (Wildman–Crippen LogP) is 5.42. The third kappa shape index (κ3) is 4.30. The minimum Gasteiger partial charge on any atom is -0.331 e. The predicted molar refractivity (Wildman–Crippen MR) is 111 cm³/mol. The van der Waals surface area contributed by atoms with Crippen molar-refractivity contribution in [1.82, 2.24) is 14.7 Å². The quantitative estimate of drug-likeness (QED) is 0.627. The van der Waals surface area contributed by atoms with Crippen molar-refractivity contribution >= 4 is 11.5 Å². The van der Waals surface area contributed by atoms with E-state index in [1.807, 2.05) is 19.1 Å². The van der Waals surface area contributed by atoms with Crippen LogP contribution in [0.4, 0.5) is 13.2 Å². The number of hydrogen-bond acceptors (Lipinski definition) is 2. The lowest BCUT2D eigenvalue weighted by Crippen LogP contribution is -2.35. The molecule has 1 aliphatic rings. The van der Waals surface area contributed by atoms with Crippen LogP contribution >= 0.6 is 0 Å². The van der Waals surface area contributed by atoms with Crippen molar-refractivity contribution in [3.63, 3.8) is 0 Å². The Bertz CT molecular complexity index is 984. The first-order valence-electron chi connectivity index (χ1n) is 10.0. The first kappa shape index (κ1) is 22.1. The van der Waals surface area contributed by atoms with Crippen molar-refractivity contribution in [3.05, 3.63) is 58.7 Å². The van der Waals surface area contributed by atoms with E-state index in [0.29, 0.717) is 10.3 Å². The molecular formula is C23H28F3N3O. The highest BCUT2D eigenvalue weighted by Gasteiger charge is 2.38. The van der Waals surface area contributed by atoms with E-state index in [2.05, 4.69) is 38.5 Å². The molecule has 0 aliphatic heterocycles. The van der Waals surface area contributed by atoms with Crippen molar-refractivity contribution in [3.8, 4) is 0 Å². The Morgan fingerprint density at radius 3 is 2.50 bits per heavy atom. The normalized spacial score (nSPS) is 14.3. The zero-order valence-electron chi connectivity index (χ0n) is 18.1. The Kier molecular flexibility index (Phi) is 5.85. The fraction of sp³-hybridized carbons (Fsp3) is 0.478. The summed E-state index contributed by atoms with van der Waals surface area (Å²) in [6, 6.07) is 5.99. The topological polar surface area (TPSA) is 38.1 Å². The van der Waals surface area contributed by atoms with Gasteiger partial charge in [-0.25, -0.2) is 13.5 Å². The molecule has 2 aromatic rings. The first-order valence-corrected chi connectivity index (χ1v) is 10.0. The van der Waals surface area contributed by atoms with Crippen LogP contribution in [0.2, 0.25) is 0 Å². The highest BCUT2D eigenvalue weighted by atomic mass is 19.3. The van der Waals surface area contributed by atoms with Crippen LogP contribution in [0.15, 0.2) is 24.8 Å². The van der Waals surface area contributed by atoms with Gasteiger partial charge in [0.2, 0.25) is 5.95 Å². The molecule has 4 nitrogen and oxygen atoms in total. The zero-order chi connectivity index (χ0) is 22.4. The fourth-order valence-electron chi connectivity index (χ4n) is 3.67. The number of carbonyl (C=O) groups excluding carboxylic acids is 1. The summed E-state index contributed by atoms with van der Waals surface area (Å²) in [4.78, 5) is 14.6. The molecule has 0 unspecified atom stereocenters. The first-order chi connectivity index (χ1) is 13.9. The van der Waals surface area contributed by atoms with Gasteiger partial charge in [-0.3, -0.25) is 4.79 Å². The number of amides is 1. The van der Waals surface area contributed by atoms with Gasteiger partial charge in [-0.1, -0.05) is 51.1 Å². The van der Waals surface area contributed by atoms with Gasteiger partial charge in [-0.2, -0.15) is 9.49 Å². The minimum absolute atomic E-state index is 0.109. The van der Waals surface area contributed by atoms with Gasteiger partial charge >= 0.3 is 0 Å². The molecule has 0 bridgehead atoms. The van der Waals surface area contributed by atoms with Crippen LogP contribution < -0.4 is 0 Å². The van der Waals surface area contributed by atoms with Crippen LogP contribution in [-0.4, -0.2) is 33.2 Å². The lowest BCUT2D eigenvalue weighted by molar-refractivity contribution is 0.0747. The Balaban J connectivity index is 1.96. The number of carbonyl (C=O) groups is 1. The number of nitrogens with zero attached hydrogens (tertiary/aromatic N) is 3. The molecule has 0 spiro atoms. The van der Waals surface area contributed by atoms with Gasteiger partial charge in [-0.05, 0) is 41.9 Å². The van der Waals surface area contributed by atoms with Gasteiger partial charge in [0.15, 0.2) is 0 Å². The summed E-state index contributed by atoms with van der Waals surface area (Å²) in [7, 11) is 1.21. The summed E-state index contributed by atoms with van der Waals surface area (Å²) in [6.45, 7) is 12.6. The van der Waals surface area contributed by atoms with E-state index in [-0.39, 0.29) is 18.0 Å². The summed E-state index contributed by atoms with van der Waals surface area (Å²) < 4.78 is 42.0. The number of aryl methyl sites for hydroxylation is 2. The number of alkyl halides is 2. The van der Waals surface area contributed by atoms with Crippen LogP contribution in [0.25, 0.3) is 5.57 Å². The Labute approximate surface area is 175 Å². The SMILES string of the molecule is C=C(CN(C(=O)c1c(C(F)F)nn(C)c1F)C1CC1)c1cc(C)ccc1C(C)(C)C. The van der Waals surface area contributed by atoms with E-state index in [9.17, 15) is 18.0 Å². The van der Waals surface area contributed by atoms with Gasteiger partial charge in [0.25, 0.3) is 12.3 Å². The molecule has 7 heteroatoms. The zero-order valence-corrected chi connectivity index (χ0v) is 18.1. The van der Waals surface area contributed by atoms with Crippen LogP contribution in [0.3, 0.4) is 0 Å². The molecule has 162 valence electrons. The molecule has 1 saturated carbocycles. The third-order valence-corrected chi connectivity index (χ3v) is 5.40. The summed E-state index contributed by atoms with van der Waals surface area (Å²) in [5, 5.41) is 3.51. The minimum atomic E-state index is -3.03. The molecule has 1 amide bonds. The molecule has 1 heterocycles. The number of hydrogen-bond donors (Lipinski definition) is 0. The van der Waals surface area contributed by atoms with E-state index in [4.69, 9.17) is 0 Å². The number of aromatic nitrogens is 2. The van der Waals surface area contributed by atoms with Crippen LogP contribution in [0, 0.1) is 12.9 Å². The maximum absolute atomic E-state index is 14.5. The van der Waals surface area contributed by atoms with Gasteiger partial charge in [0, 0.05) is 19.6 Å². The van der Waals surface area contributed by atoms with E-state index in [1.165, 1.54) is 11.9 Å². The molecule has 1 fully saturated rings. The number of benzene rings is 1. The summed E-state index contributed by atoms with van der Waals surface area (Å²) >= 11 is 0. The second-order valence-corrected chi connectivity index (χ2v) is 9.04. The smallest absolute Gasteiger partial charge is 0.283 e. The molecule has 0 saturated heterocycles. The highest BCUT2D eigenvalue weighted by Crippen LogP contribution is 2.35. The van der Waals surface area contributed by atoms with E-state index in [0.717, 1.165) is 29.5 Å². The van der Waals surface area contributed by atoms with Crippen LogP contribution in [-0.2, 0) is 12.5 Å². The third-order valence-electron chi connectivity index (χ3n) is 5.40. The average Bonchev–Trinajstić information content (AvgIpc) is 3.43. The molecule has 0 atom stereocenters. The van der Waals surface area contributed by atoms with Crippen molar-refractivity contribution < 1.29 is 18.0 Å². The lowest BCUT2D eigenvalue weighted by Gasteiger charge is -2.28. The van der Waals surface area contributed by atoms with E-state index in [1.54, 1.807) is 0 Å². The van der Waals surface area contributed by atoms with Crippen LogP contribution in [0.1, 0.15) is 72.8 Å². The van der Waals surface area contributed by atoms with E-state index >= 15 is 0 Å². The Morgan fingerprint density at radius 2 is 1.97 bits per heavy atom. The Hall–Kier alpha value is -2.57. The molecule has 3 rings (SSSR count). The molecule has 0 radical (unpaired) electrons. The van der Waals surface area contributed by atoms with Crippen molar-refractivity contribution in [2.45, 2.75) is 58.4 Å². The monoisotopic (exact) mass is 419 g/mol. The molecule has 1 aliphatic carbocycles. The lowest BCUT2D eigenvalue weighted by atomic mass is 9.81. The van der Waals surface area contributed by atoms with Crippen molar-refractivity contribution in [2.24, 2.45) is 7.05 Å². The Morgan fingerprint density at radius 1 is 1.33 bits per heavy atom. The molecular weight excluding hydrogens is 391 g/mol. The standard InChI is InChI=1S/C23H28F3N3O/c1-13-7-10-17(23(3,4)5)16(11-13)14(2)12-29(15-8-9-15)22(30)18-19(20(24)25)27-28(6)21(18)26/h7,10-11,15,20H,2,8-9,12H2,1,3-6H3. The maximum atomic E-state index is 14.5. The van der Waals surface area contributed by atoms with E-state index < -0.39 is 29.5 Å². The van der Waals surface area contributed by atoms with Gasteiger partial charge < -0.3 is 4.90 Å².